The summed E-state index contributed by atoms with van der Waals surface area (Å²) in [6.45, 7) is 6.12. The third kappa shape index (κ3) is 4.87. The van der Waals surface area contributed by atoms with Crippen LogP contribution < -0.4 is 5.32 Å². The first-order chi connectivity index (χ1) is 11.3. The van der Waals surface area contributed by atoms with Crippen molar-refractivity contribution in [1.82, 2.24) is 20.1 Å². The summed E-state index contributed by atoms with van der Waals surface area (Å²) in [4.78, 5) is 25.4. The number of nitrogens with zero attached hydrogens (tertiary/aromatic N) is 4. The normalized spacial score (nSPS) is 12.2. The van der Waals surface area contributed by atoms with Crippen LogP contribution in [0.2, 0.25) is 0 Å². The molecule has 2 aromatic rings. The third-order valence-corrected chi connectivity index (χ3v) is 3.49. The van der Waals surface area contributed by atoms with Crippen molar-refractivity contribution in [3.8, 4) is 0 Å². The zero-order valence-electron chi connectivity index (χ0n) is 14.0. The molecule has 0 saturated carbocycles. The molecule has 1 aromatic carbocycles. The molecule has 1 atom stereocenters. The fourth-order valence-corrected chi connectivity index (χ4v) is 2.38. The van der Waals surface area contributed by atoms with Gasteiger partial charge in [-0.25, -0.2) is 0 Å². The Morgan fingerprint density at radius 3 is 2.50 bits per heavy atom. The minimum atomic E-state index is -0.699. The molecule has 0 radical (unpaired) electrons. The molecule has 0 unspecified atom stereocenters. The minimum absolute atomic E-state index is 0.114. The number of nitrogens with one attached hydrogen (secondary N) is 1. The highest BCUT2D eigenvalue weighted by Crippen LogP contribution is 2.15. The zero-order chi connectivity index (χ0) is 17.7. The van der Waals surface area contributed by atoms with Crippen molar-refractivity contribution in [1.29, 1.82) is 0 Å². The van der Waals surface area contributed by atoms with Crippen molar-refractivity contribution in [2.45, 2.75) is 39.8 Å². The second-order valence-corrected chi connectivity index (χ2v) is 6.13. The lowest BCUT2D eigenvalue weighted by Crippen LogP contribution is -2.30. The first-order valence-corrected chi connectivity index (χ1v) is 7.77. The molecule has 0 aliphatic heterocycles. The van der Waals surface area contributed by atoms with E-state index in [1.54, 1.807) is 0 Å². The monoisotopic (exact) mass is 331 g/mol. The van der Waals surface area contributed by atoms with Gasteiger partial charge >= 0.3 is 5.95 Å². The Kier molecular flexibility index (Phi) is 5.62. The fraction of sp³-hybridized carbons (Fsp3) is 0.438. The fourth-order valence-electron chi connectivity index (χ4n) is 2.38. The first kappa shape index (κ1) is 17.6. The molecular formula is C16H21N5O3. The van der Waals surface area contributed by atoms with Crippen molar-refractivity contribution in [2.75, 3.05) is 0 Å². The Labute approximate surface area is 140 Å². The van der Waals surface area contributed by atoms with Gasteiger partial charge in [0, 0.05) is 5.10 Å². The topological polar surface area (TPSA) is 103 Å². The molecule has 1 N–H and O–H groups in total. The molecule has 1 aromatic heterocycles. The molecule has 0 aliphatic rings. The third-order valence-electron chi connectivity index (χ3n) is 3.49. The van der Waals surface area contributed by atoms with Gasteiger partial charge in [0.05, 0.1) is 6.04 Å². The van der Waals surface area contributed by atoms with Gasteiger partial charge < -0.3 is 15.4 Å². The molecule has 8 heteroatoms. The summed E-state index contributed by atoms with van der Waals surface area (Å²) in [5.41, 5.74) is 2.27. The van der Waals surface area contributed by atoms with Crippen LogP contribution in [0.5, 0.6) is 0 Å². The summed E-state index contributed by atoms with van der Waals surface area (Å²) >= 11 is 0. The maximum atomic E-state index is 12.0. The van der Waals surface area contributed by atoms with Gasteiger partial charge in [-0.15, -0.1) is 0 Å². The van der Waals surface area contributed by atoms with E-state index in [-0.39, 0.29) is 18.5 Å². The Bertz CT molecular complexity index is 709. The van der Waals surface area contributed by atoms with E-state index in [9.17, 15) is 14.9 Å². The smallest absolute Gasteiger partial charge is 0.390 e. The van der Waals surface area contributed by atoms with Crippen LogP contribution in [0, 0.1) is 16.0 Å². The average molecular weight is 331 g/mol. The zero-order valence-corrected chi connectivity index (χ0v) is 14.0. The van der Waals surface area contributed by atoms with Crippen LogP contribution in [0.3, 0.4) is 0 Å². The number of carbonyl (C=O) groups excluding carboxylic acids is 1. The number of amides is 1. The number of carbonyl (C=O) groups is 1. The molecule has 0 fully saturated rings. The first-order valence-electron chi connectivity index (χ1n) is 7.77. The van der Waals surface area contributed by atoms with Crippen LogP contribution in [0.4, 0.5) is 5.95 Å². The number of benzene rings is 1. The molecule has 1 heterocycles. The van der Waals surface area contributed by atoms with Crippen LogP contribution in [-0.2, 0) is 17.8 Å². The van der Waals surface area contributed by atoms with Crippen molar-refractivity contribution in [2.24, 2.45) is 5.92 Å². The van der Waals surface area contributed by atoms with Crippen molar-refractivity contribution >= 4 is 11.9 Å². The highest BCUT2D eigenvalue weighted by molar-refractivity contribution is 5.76. The lowest BCUT2D eigenvalue weighted by atomic mass is 10.00. The predicted molar refractivity (Wildman–Crippen MR) is 88.2 cm³/mol. The molecule has 128 valence electrons. The predicted octanol–water partition coefficient (Wildman–Crippen LogP) is 2.26. The second-order valence-electron chi connectivity index (χ2n) is 6.13. The maximum Gasteiger partial charge on any atom is 0.490 e. The van der Waals surface area contributed by atoms with E-state index in [0.29, 0.717) is 5.92 Å². The van der Waals surface area contributed by atoms with E-state index < -0.39 is 10.9 Å². The van der Waals surface area contributed by atoms with Gasteiger partial charge in [-0.3, -0.25) is 4.79 Å². The molecular weight excluding hydrogens is 310 g/mol. The number of hydrogen-bond donors (Lipinski definition) is 1. The van der Waals surface area contributed by atoms with E-state index in [0.717, 1.165) is 16.7 Å². The van der Waals surface area contributed by atoms with Gasteiger partial charge in [-0.1, -0.05) is 43.1 Å². The summed E-state index contributed by atoms with van der Waals surface area (Å²) in [6.07, 6.45) is 2.19. The number of rotatable bonds is 7. The van der Waals surface area contributed by atoms with E-state index in [1.165, 1.54) is 11.9 Å². The second kappa shape index (κ2) is 7.67. The highest BCUT2D eigenvalue weighted by atomic mass is 16.6. The average Bonchev–Trinajstić information content (AvgIpc) is 2.95. The molecule has 0 spiro atoms. The summed E-state index contributed by atoms with van der Waals surface area (Å²) in [5, 5.41) is 17.0. The van der Waals surface area contributed by atoms with Crippen LogP contribution in [0.15, 0.2) is 30.6 Å². The van der Waals surface area contributed by atoms with E-state index in [2.05, 4.69) is 41.4 Å². The van der Waals surface area contributed by atoms with E-state index in [1.807, 2.05) is 19.1 Å². The Balaban J connectivity index is 1.91. The molecule has 1 amide bonds. The summed E-state index contributed by atoms with van der Waals surface area (Å²) in [7, 11) is 0. The van der Waals surface area contributed by atoms with Crippen LogP contribution in [0.25, 0.3) is 0 Å². The summed E-state index contributed by atoms with van der Waals surface area (Å²) in [5.74, 6) is -0.204. The molecule has 8 nitrogen and oxygen atoms in total. The van der Waals surface area contributed by atoms with E-state index >= 15 is 0 Å². The van der Waals surface area contributed by atoms with Crippen molar-refractivity contribution in [3.05, 3.63) is 51.8 Å². The van der Waals surface area contributed by atoms with Gasteiger partial charge in [-0.2, -0.15) is 4.68 Å². The van der Waals surface area contributed by atoms with Crippen molar-refractivity contribution in [3.63, 3.8) is 0 Å². The SMILES string of the molecule is CC(C)Cc1ccc([C@@H](C)NC(=O)Cn2cnc([N+](=O)[O-])n2)cc1. The van der Waals surface area contributed by atoms with Gasteiger partial charge in [0.25, 0.3) is 0 Å². The minimum Gasteiger partial charge on any atom is -0.390 e. The molecule has 0 aliphatic carbocycles. The summed E-state index contributed by atoms with van der Waals surface area (Å²) < 4.78 is 1.14. The Morgan fingerprint density at radius 2 is 1.96 bits per heavy atom. The van der Waals surface area contributed by atoms with Gasteiger partial charge in [0.1, 0.15) is 6.54 Å². The maximum absolute atomic E-state index is 12.0. The van der Waals surface area contributed by atoms with Crippen LogP contribution in [0.1, 0.15) is 37.9 Å². The molecule has 24 heavy (non-hydrogen) atoms. The van der Waals surface area contributed by atoms with Crippen LogP contribution >= 0.6 is 0 Å². The largest absolute Gasteiger partial charge is 0.490 e. The number of hydrogen-bond acceptors (Lipinski definition) is 5. The molecule has 2 rings (SSSR count). The molecule has 0 bridgehead atoms. The van der Waals surface area contributed by atoms with Gasteiger partial charge in [0.15, 0.2) is 0 Å². The quantitative estimate of drug-likeness (QED) is 0.619. The summed E-state index contributed by atoms with van der Waals surface area (Å²) in [6, 6.07) is 7.98. The number of aromatic nitrogens is 3. The lowest BCUT2D eigenvalue weighted by molar-refractivity contribution is -0.394. The van der Waals surface area contributed by atoms with Gasteiger partial charge in [-0.05, 0) is 35.3 Å². The van der Waals surface area contributed by atoms with Crippen LogP contribution in [-0.4, -0.2) is 25.6 Å². The molecule has 0 saturated heterocycles. The Hall–Kier alpha value is -2.77. The van der Waals surface area contributed by atoms with Crippen molar-refractivity contribution < 1.29 is 9.72 Å². The standard InChI is InChI=1S/C16H21N5O3/c1-11(2)8-13-4-6-14(7-5-13)12(3)18-15(22)9-20-10-17-16(19-20)21(23)24/h4-7,10-12H,8-9H2,1-3H3,(H,18,22)/t12-/m1/s1. The number of nitro groups is 1. The van der Waals surface area contributed by atoms with Gasteiger partial charge in [0.2, 0.25) is 12.2 Å². The Morgan fingerprint density at radius 1 is 1.29 bits per heavy atom. The van der Waals surface area contributed by atoms with E-state index in [4.69, 9.17) is 0 Å². The lowest BCUT2D eigenvalue weighted by Gasteiger charge is -2.15. The highest BCUT2D eigenvalue weighted by Gasteiger charge is 2.16.